The Morgan fingerprint density at radius 1 is 0.442 bits per heavy atom. The lowest BCUT2D eigenvalue weighted by atomic mass is 9.98. The molecule has 0 aliphatic carbocycles. The van der Waals surface area contributed by atoms with Gasteiger partial charge in [0.25, 0.3) is 0 Å². The molecule has 0 amide bonds. The van der Waals surface area contributed by atoms with Gasteiger partial charge in [0.1, 0.15) is 0 Å². The van der Waals surface area contributed by atoms with Crippen LogP contribution >= 0.6 is 0 Å². The zero-order chi connectivity index (χ0) is 28.1. The van der Waals surface area contributed by atoms with Crippen LogP contribution in [0.2, 0.25) is 0 Å². The summed E-state index contributed by atoms with van der Waals surface area (Å²) in [6.45, 7) is 0. The average molecular weight is 549 g/mol. The van der Waals surface area contributed by atoms with Gasteiger partial charge >= 0.3 is 0 Å². The summed E-state index contributed by atoms with van der Waals surface area (Å²) in [7, 11) is 0. The Morgan fingerprint density at radius 2 is 1.05 bits per heavy atom. The lowest BCUT2D eigenvalue weighted by molar-refractivity contribution is 0.478. The molecule has 0 N–H and O–H groups in total. The van der Waals surface area contributed by atoms with Crippen LogP contribution in [0.1, 0.15) is 0 Å². The second kappa shape index (κ2) is 8.37. The van der Waals surface area contributed by atoms with Crippen LogP contribution in [0.25, 0.3) is 76.9 Å². The number of hydrogen-bond donors (Lipinski definition) is 0. The number of nitrogens with zero attached hydrogens (tertiary/aromatic N) is 2. The van der Waals surface area contributed by atoms with Gasteiger partial charge in [-0.05, 0) is 70.9 Å². The Hall–Kier alpha value is -5.80. The summed E-state index contributed by atoms with van der Waals surface area (Å²) in [5.74, 6) is 1.79. The van der Waals surface area contributed by atoms with Crippen molar-refractivity contribution in [3.8, 4) is 34.0 Å². The summed E-state index contributed by atoms with van der Waals surface area (Å²) in [6.07, 6.45) is 0. The highest BCUT2D eigenvalue weighted by molar-refractivity contribution is 6.14. The van der Waals surface area contributed by atoms with E-state index in [1.165, 1.54) is 54.6 Å². The molecule has 0 atom stereocenters. The van der Waals surface area contributed by atoms with E-state index in [1.54, 1.807) is 0 Å². The van der Waals surface area contributed by atoms with Crippen LogP contribution in [-0.2, 0) is 0 Å². The zero-order valence-electron chi connectivity index (χ0n) is 23.2. The van der Waals surface area contributed by atoms with Crippen molar-refractivity contribution in [2.45, 2.75) is 0 Å². The third kappa shape index (κ3) is 3.08. The molecule has 3 heteroatoms. The fourth-order valence-electron chi connectivity index (χ4n) is 7.19. The molecule has 43 heavy (non-hydrogen) atoms. The first kappa shape index (κ1) is 22.8. The number of ether oxygens (including phenoxy) is 1. The van der Waals surface area contributed by atoms with E-state index in [1.807, 2.05) is 6.07 Å². The quantitative estimate of drug-likeness (QED) is 0.210. The zero-order valence-corrected chi connectivity index (χ0v) is 23.2. The Kier molecular flexibility index (Phi) is 4.45. The molecular formula is C40H24N2O. The van der Waals surface area contributed by atoms with Crippen LogP contribution in [0.5, 0.6) is 11.5 Å². The van der Waals surface area contributed by atoms with Crippen LogP contribution in [0, 0.1) is 0 Å². The standard InChI is InChI=1S/C40H24N2O/c1-4-12-34-30(9-1)31-10-2-5-13-35(31)41(34)28-20-19-25-23-27(18-17-26(25)24-28)29-21-22-33-32-11-3-6-14-36(32)42-37-15-7-8-16-38(37)43-40(29)39(33)42/h1-24H. The molecule has 0 saturated carbocycles. The van der Waals surface area contributed by atoms with Gasteiger partial charge < -0.3 is 13.9 Å². The van der Waals surface area contributed by atoms with Gasteiger partial charge in [0.15, 0.2) is 11.5 Å². The molecule has 0 saturated heterocycles. The highest BCUT2D eigenvalue weighted by Gasteiger charge is 2.26. The maximum atomic E-state index is 6.70. The molecule has 2 aromatic heterocycles. The molecule has 1 aliphatic rings. The molecule has 0 unspecified atom stereocenters. The number of rotatable bonds is 2. The minimum Gasteiger partial charge on any atom is -0.452 e. The van der Waals surface area contributed by atoms with Crippen LogP contribution < -0.4 is 4.74 Å². The third-order valence-electron chi connectivity index (χ3n) is 9.08. The van der Waals surface area contributed by atoms with Crippen LogP contribution in [-0.4, -0.2) is 9.13 Å². The van der Waals surface area contributed by atoms with Gasteiger partial charge in [0, 0.05) is 32.8 Å². The topological polar surface area (TPSA) is 19.1 Å². The molecular weight excluding hydrogens is 524 g/mol. The fourth-order valence-corrected chi connectivity index (χ4v) is 7.19. The molecule has 1 aliphatic heterocycles. The third-order valence-corrected chi connectivity index (χ3v) is 9.08. The first-order chi connectivity index (χ1) is 21.3. The van der Waals surface area contributed by atoms with Gasteiger partial charge in [-0.3, -0.25) is 0 Å². The van der Waals surface area contributed by atoms with Crippen molar-refractivity contribution in [2.75, 3.05) is 0 Å². The summed E-state index contributed by atoms with van der Waals surface area (Å²) in [5.41, 5.74) is 9.25. The lowest BCUT2D eigenvalue weighted by Crippen LogP contribution is -2.04. The van der Waals surface area contributed by atoms with Gasteiger partial charge in [-0.25, -0.2) is 0 Å². The van der Waals surface area contributed by atoms with Crippen LogP contribution in [0.4, 0.5) is 0 Å². The van der Waals surface area contributed by atoms with E-state index in [0.717, 1.165) is 33.8 Å². The van der Waals surface area contributed by atoms with Crippen molar-refractivity contribution in [3.63, 3.8) is 0 Å². The molecule has 3 heterocycles. The van der Waals surface area contributed by atoms with Crippen molar-refractivity contribution in [1.82, 2.24) is 9.13 Å². The number of benzene rings is 7. The Labute approximate surface area is 247 Å². The summed E-state index contributed by atoms with van der Waals surface area (Å²) in [4.78, 5) is 0. The van der Waals surface area contributed by atoms with E-state index in [-0.39, 0.29) is 0 Å². The molecule has 10 rings (SSSR count). The summed E-state index contributed by atoms with van der Waals surface area (Å²) < 4.78 is 11.4. The molecule has 9 aromatic rings. The first-order valence-electron chi connectivity index (χ1n) is 14.7. The monoisotopic (exact) mass is 548 g/mol. The predicted octanol–water partition coefficient (Wildman–Crippen LogP) is 10.8. The van der Waals surface area contributed by atoms with Gasteiger partial charge in [-0.2, -0.15) is 0 Å². The van der Waals surface area contributed by atoms with E-state index >= 15 is 0 Å². The molecule has 0 spiro atoms. The molecule has 200 valence electrons. The van der Waals surface area contributed by atoms with Gasteiger partial charge in [-0.1, -0.05) is 91.0 Å². The predicted molar refractivity (Wildman–Crippen MR) is 178 cm³/mol. The molecule has 7 aromatic carbocycles. The Morgan fingerprint density at radius 3 is 1.81 bits per heavy atom. The van der Waals surface area contributed by atoms with Crippen molar-refractivity contribution in [3.05, 3.63) is 146 Å². The Bertz CT molecular complexity index is 2550. The fraction of sp³-hybridized carbons (Fsp3) is 0. The second-order valence-corrected chi connectivity index (χ2v) is 11.4. The SMILES string of the molecule is c1ccc2c(c1)Oc1c(-c3ccc4cc(-n5c6ccccc6c6ccccc65)ccc4c3)ccc3c4ccccc4n-2c13. The van der Waals surface area contributed by atoms with Crippen molar-refractivity contribution >= 4 is 54.4 Å². The smallest absolute Gasteiger partial charge is 0.160 e. The van der Waals surface area contributed by atoms with Gasteiger partial charge in [0.05, 0.1) is 27.8 Å². The largest absolute Gasteiger partial charge is 0.452 e. The summed E-state index contributed by atoms with van der Waals surface area (Å²) in [6, 6.07) is 52.3. The minimum absolute atomic E-state index is 0.877. The van der Waals surface area contributed by atoms with Crippen molar-refractivity contribution in [2.24, 2.45) is 0 Å². The van der Waals surface area contributed by atoms with Gasteiger partial charge in [0.2, 0.25) is 0 Å². The number of aromatic nitrogens is 2. The average Bonchev–Trinajstić information content (AvgIpc) is 3.59. The highest BCUT2D eigenvalue weighted by atomic mass is 16.5. The summed E-state index contributed by atoms with van der Waals surface area (Å²) in [5, 5.41) is 7.40. The number of hydrogen-bond acceptors (Lipinski definition) is 1. The van der Waals surface area contributed by atoms with E-state index in [9.17, 15) is 0 Å². The van der Waals surface area contributed by atoms with E-state index in [4.69, 9.17) is 4.74 Å². The maximum Gasteiger partial charge on any atom is 0.160 e. The maximum absolute atomic E-state index is 6.70. The molecule has 0 radical (unpaired) electrons. The molecule has 0 bridgehead atoms. The highest BCUT2D eigenvalue weighted by Crippen LogP contribution is 2.49. The lowest BCUT2D eigenvalue weighted by Gasteiger charge is -2.23. The van der Waals surface area contributed by atoms with Gasteiger partial charge in [-0.15, -0.1) is 0 Å². The Balaban J connectivity index is 1.17. The molecule has 0 fully saturated rings. The molecule has 3 nitrogen and oxygen atoms in total. The van der Waals surface area contributed by atoms with Crippen LogP contribution in [0.15, 0.2) is 146 Å². The van der Waals surface area contributed by atoms with E-state index < -0.39 is 0 Å². The van der Waals surface area contributed by atoms with E-state index in [2.05, 4.69) is 149 Å². The summed E-state index contributed by atoms with van der Waals surface area (Å²) >= 11 is 0. The first-order valence-corrected chi connectivity index (χ1v) is 14.7. The van der Waals surface area contributed by atoms with Crippen molar-refractivity contribution < 1.29 is 4.74 Å². The number of para-hydroxylation sites is 5. The van der Waals surface area contributed by atoms with E-state index in [0.29, 0.717) is 0 Å². The second-order valence-electron chi connectivity index (χ2n) is 11.4. The van der Waals surface area contributed by atoms with Crippen molar-refractivity contribution in [1.29, 1.82) is 0 Å². The van der Waals surface area contributed by atoms with Crippen LogP contribution in [0.3, 0.4) is 0 Å². The minimum atomic E-state index is 0.877. The normalized spacial score (nSPS) is 12.4. The number of fused-ring (bicyclic) bond motifs is 9.